The van der Waals surface area contributed by atoms with E-state index in [0.717, 1.165) is 16.3 Å². The Labute approximate surface area is 168 Å². The Morgan fingerprint density at radius 2 is 2.03 bits per heavy atom. The lowest BCUT2D eigenvalue weighted by Gasteiger charge is -2.33. The van der Waals surface area contributed by atoms with Gasteiger partial charge in [0.05, 0.1) is 26.0 Å². The van der Waals surface area contributed by atoms with Gasteiger partial charge in [0.1, 0.15) is 12.2 Å². The van der Waals surface area contributed by atoms with Crippen molar-refractivity contribution in [3.05, 3.63) is 17.5 Å². The Morgan fingerprint density at radius 3 is 2.62 bits per heavy atom. The van der Waals surface area contributed by atoms with Crippen molar-refractivity contribution in [2.75, 3.05) is 40.5 Å². The fourth-order valence-electron chi connectivity index (χ4n) is 3.38. The number of urea groups is 1. The zero-order chi connectivity index (χ0) is 21.3. The van der Waals surface area contributed by atoms with Crippen molar-refractivity contribution in [1.82, 2.24) is 19.6 Å². The minimum atomic E-state index is -0.860. The largest absolute Gasteiger partial charge is 0.468 e. The van der Waals surface area contributed by atoms with E-state index in [0.29, 0.717) is 31.6 Å². The van der Waals surface area contributed by atoms with Gasteiger partial charge in [0.15, 0.2) is 0 Å². The first-order valence-corrected chi connectivity index (χ1v) is 9.29. The summed E-state index contributed by atoms with van der Waals surface area (Å²) in [5.74, 6) is -0.490. The molecule has 0 bridgehead atoms. The number of amidine groups is 1. The fourth-order valence-corrected chi connectivity index (χ4v) is 3.38. The van der Waals surface area contributed by atoms with Crippen molar-refractivity contribution >= 4 is 29.7 Å². The lowest BCUT2D eigenvalue weighted by Crippen LogP contribution is -2.63. The predicted octanol–water partition coefficient (Wildman–Crippen LogP) is -0.399. The molecule has 156 valence electrons. The first-order chi connectivity index (χ1) is 13.8. The van der Waals surface area contributed by atoms with E-state index in [1.54, 1.807) is 9.26 Å². The average molecular weight is 405 g/mol. The van der Waals surface area contributed by atoms with Gasteiger partial charge in [0.25, 0.3) is 5.91 Å². The number of hydrogen-bond acceptors (Lipinski definition) is 7. The van der Waals surface area contributed by atoms with Crippen LogP contribution >= 0.6 is 0 Å². The maximum atomic E-state index is 13.2. The van der Waals surface area contributed by atoms with E-state index in [2.05, 4.69) is 14.8 Å². The van der Waals surface area contributed by atoms with Gasteiger partial charge in [0.2, 0.25) is 11.9 Å². The second kappa shape index (κ2) is 8.11. The number of carbonyl (C=O) groups excluding carboxylic acids is 3. The molecule has 29 heavy (non-hydrogen) atoms. The van der Waals surface area contributed by atoms with Crippen LogP contribution in [-0.2, 0) is 19.1 Å². The first-order valence-electron chi connectivity index (χ1n) is 9.29. The number of hydrogen-bond donors (Lipinski definition) is 0. The summed E-state index contributed by atoms with van der Waals surface area (Å²) < 4.78 is 13.5. The number of likely N-dealkylation sites (N-methyl/N-ethyl adjacent to an activating group) is 1. The number of esters is 1. The van der Waals surface area contributed by atoms with Gasteiger partial charge in [-0.1, -0.05) is 4.99 Å². The number of imide groups is 1. The van der Waals surface area contributed by atoms with Crippen LogP contribution in [0.1, 0.15) is 18.3 Å². The highest BCUT2D eigenvalue weighted by atomic mass is 16.5. The quantitative estimate of drug-likeness (QED) is 0.362. The minimum Gasteiger partial charge on any atom is -0.468 e. The van der Waals surface area contributed by atoms with Gasteiger partial charge in [-0.25, -0.2) is 14.3 Å². The second-order valence-corrected chi connectivity index (χ2v) is 6.74. The summed E-state index contributed by atoms with van der Waals surface area (Å²) in [6, 6.07) is 0.410. The minimum absolute atomic E-state index is 0.292. The Balaban J connectivity index is 2.06. The smallest absolute Gasteiger partial charge is 0.421 e. The molecule has 1 unspecified atom stereocenters. The number of aryl methyl sites for hydroxylation is 2. The fraction of sp³-hybridized carbons (Fsp3) is 0.556. The van der Waals surface area contributed by atoms with E-state index in [9.17, 15) is 14.4 Å². The van der Waals surface area contributed by atoms with Gasteiger partial charge in [-0.15, -0.1) is 9.78 Å². The summed E-state index contributed by atoms with van der Waals surface area (Å²) in [5, 5.41) is 4.47. The normalized spacial score (nSPS) is 19.1. The van der Waals surface area contributed by atoms with E-state index in [-0.39, 0.29) is 0 Å². The van der Waals surface area contributed by atoms with E-state index in [1.165, 1.54) is 19.1 Å². The molecule has 1 fully saturated rings. The lowest BCUT2D eigenvalue weighted by molar-refractivity contribution is -0.540. The van der Waals surface area contributed by atoms with E-state index < -0.39 is 30.5 Å². The zero-order valence-corrected chi connectivity index (χ0v) is 17.2. The number of carbonyl (C=O) groups is 3. The van der Waals surface area contributed by atoms with Gasteiger partial charge in [0, 0.05) is 13.7 Å². The zero-order valence-electron chi connectivity index (χ0n) is 17.2. The molecule has 11 nitrogen and oxygen atoms in total. The van der Waals surface area contributed by atoms with Crippen LogP contribution in [0.5, 0.6) is 0 Å². The van der Waals surface area contributed by atoms with Crippen LogP contribution in [0.3, 0.4) is 0 Å². The molecule has 0 N–H and O–H groups in total. The van der Waals surface area contributed by atoms with Gasteiger partial charge in [-0.3, -0.25) is 14.5 Å². The van der Waals surface area contributed by atoms with Crippen LogP contribution in [-0.4, -0.2) is 100 Å². The van der Waals surface area contributed by atoms with Gasteiger partial charge in [-0.05, 0) is 26.8 Å². The molecule has 1 aromatic rings. The molecule has 1 aromatic heterocycles. The van der Waals surface area contributed by atoms with E-state index in [1.807, 2.05) is 26.8 Å². The molecule has 2 aliphatic rings. The molecule has 1 saturated heterocycles. The van der Waals surface area contributed by atoms with Gasteiger partial charge >= 0.3 is 18.0 Å². The molecule has 2 aliphatic heterocycles. The highest BCUT2D eigenvalue weighted by Gasteiger charge is 2.53. The average Bonchev–Trinajstić information content (AvgIpc) is 3.23. The third-order valence-electron chi connectivity index (χ3n) is 4.78. The highest BCUT2D eigenvalue weighted by molar-refractivity contribution is 6.23. The third-order valence-corrected chi connectivity index (χ3v) is 4.78. The van der Waals surface area contributed by atoms with Crippen LogP contribution in [0.15, 0.2) is 11.1 Å². The number of aromatic nitrogens is 2. The van der Waals surface area contributed by atoms with Crippen molar-refractivity contribution in [3.8, 4) is 0 Å². The van der Waals surface area contributed by atoms with Crippen molar-refractivity contribution in [3.63, 3.8) is 0 Å². The molecule has 1 atom stereocenters. The van der Waals surface area contributed by atoms with Gasteiger partial charge < -0.3 is 9.47 Å². The second-order valence-electron chi connectivity index (χ2n) is 6.74. The molecule has 0 saturated carbocycles. The van der Waals surface area contributed by atoms with E-state index in [4.69, 9.17) is 4.74 Å². The van der Waals surface area contributed by atoms with Crippen molar-refractivity contribution in [2.24, 2.45) is 4.99 Å². The van der Waals surface area contributed by atoms with Gasteiger partial charge in [-0.2, -0.15) is 0 Å². The van der Waals surface area contributed by atoms with E-state index >= 15 is 0 Å². The summed E-state index contributed by atoms with van der Waals surface area (Å²) in [5.41, 5.74) is 1.65. The van der Waals surface area contributed by atoms with Crippen LogP contribution in [0.25, 0.3) is 0 Å². The maximum Gasteiger partial charge on any atom is 0.421 e. The first kappa shape index (κ1) is 20.6. The Morgan fingerprint density at radius 1 is 1.31 bits per heavy atom. The highest BCUT2D eigenvalue weighted by Crippen LogP contribution is 2.21. The topological polar surface area (TPSA) is 109 Å². The molecule has 3 rings (SSSR count). The Bertz CT molecular complexity index is 918. The standard InChI is InChI=1S/C18H25N6O5/c1-6-29-8-7-22-14-15(19-17(22)24-12(3)9-11(2)20-24)21(4)18(27)23(16(14)26)10-13(25)28-5/h9,14H,6-8,10H2,1-5H3/q+1. The number of amides is 3. The summed E-state index contributed by atoms with van der Waals surface area (Å²) in [6.45, 7) is 6.42. The Hall–Kier alpha value is -3.08. The molecule has 0 spiro atoms. The van der Waals surface area contributed by atoms with Crippen LogP contribution in [0.2, 0.25) is 0 Å². The monoisotopic (exact) mass is 405 g/mol. The third kappa shape index (κ3) is 3.65. The van der Waals surface area contributed by atoms with Crippen molar-refractivity contribution in [1.29, 1.82) is 0 Å². The molecule has 11 heteroatoms. The lowest BCUT2D eigenvalue weighted by atomic mass is 10.1. The number of rotatable bonds is 6. The SMILES string of the molecule is CCOCC[N+]1=C(n2nc(C)cc2C)N=C2C1C(=O)N(CC(=O)OC)C(=O)N2C. The molecule has 3 amide bonds. The maximum absolute atomic E-state index is 13.2. The van der Waals surface area contributed by atoms with Crippen LogP contribution in [0.4, 0.5) is 4.79 Å². The molecule has 0 aromatic carbocycles. The summed E-state index contributed by atoms with van der Waals surface area (Å²) in [6.07, 6.45) is 0. The Kier molecular flexibility index (Phi) is 5.78. The molecular formula is C18H25N6O5+. The number of aliphatic imine (C=N–C) groups is 1. The summed E-state index contributed by atoms with van der Waals surface area (Å²) >= 11 is 0. The number of methoxy groups -OCH3 is 1. The molecule has 3 heterocycles. The van der Waals surface area contributed by atoms with Crippen LogP contribution in [0, 0.1) is 13.8 Å². The molecule has 0 aliphatic carbocycles. The number of fused-ring (bicyclic) bond motifs is 1. The molecule has 0 radical (unpaired) electrons. The van der Waals surface area contributed by atoms with Crippen molar-refractivity contribution < 1.29 is 28.4 Å². The van der Waals surface area contributed by atoms with Crippen molar-refractivity contribution in [2.45, 2.75) is 26.8 Å². The summed E-state index contributed by atoms with van der Waals surface area (Å²) in [4.78, 5) is 44.3. The number of ether oxygens (including phenoxy) is 2. The summed E-state index contributed by atoms with van der Waals surface area (Å²) in [7, 11) is 2.73. The number of nitrogens with zero attached hydrogens (tertiary/aromatic N) is 6. The predicted molar refractivity (Wildman–Crippen MR) is 102 cm³/mol. The van der Waals surface area contributed by atoms with Crippen LogP contribution < -0.4 is 0 Å². The molecular weight excluding hydrogens is 380 g/mol.